The number of carbonyl (C=O) groups is 1. The molecule has 15 heavy (non-hydrogen) atoms. The third kappa shape index (κ3) is 2.96. The molecule has 0 radical (unpaired) electrons. The molecule has 1 aliphatic rings. The van der Waals surface area contributed by atoms with Gasteiger partial charge >= 0.3 is 6.18 Å². The molecule has 0 spiro atoms. The van der Waals surface area contributed by atoms with E-state index in [1.807, 2.05) is 22.6 Å². The molecule has 0 saturated carbocycles. The van der Waals surface area contributed by atoms with E-state index in [0.717, 1.165) is 6.08 Å². The Bertz CT molecular complexity index is 333. The van der Waals surface area contributed by atoms with Crippen LogP contribution in [0.4, 0.5) is 13.2 Å². The summed E-state index contributed by atoms with van der Waals surface area (Å²) in [4.78, 5) is 11.3. The highest BCUT2D eigenvalue weighted by Crippen LogP contribution is 2.37. The summed E-state index contributed by atoms with van der Waals surface area (Å²) in [6.45, 7) is 0. The molecule has 6 heteroatoms. The number of hydrogen-bond donors (Lipinski definition) is 1. The van der Waals surface area contributed by atoms with Crippen LogP contribution < -0.4 is 5.32 Å². The summed E-state index contributed by atoms with van der Waals surface area (Å²) in [6.07, 6.45) is -1.96. The maximum Gasteiger partial charge on any atom is 0.395 e. The van der Waals surface area contributed by atoms with Gasteiger partial charge in [-0.2, -0.15) is 13.2 Å². The van der Waals surface area contributed by atoms with Crippen LogP contribution in [0, 0.1) is 5.92 Å². The van der Waals surface area contributed by atoms with Crippen LogP contribution in [-0.2, 0) is 4.79 Å². The average molecular weight is 331 g/mol. The van der Waals surface area contributed by atoms with Crippen LogP contribution in [0.15, 0.2) is 21.3 Å². The molecular formula is C9H9F3INO. The van der Waals surface area contributed by atoms with Crippen molar-refractivity contribution < 1.29 is 18.0 Å². The molecule has 0 aromatic heterocycles. The second kappa shape index (κ2) is 4.54. The van der Waals surface area contributed by atoms with Crippen LogP contribution in [-0.4, -0.2) is 19.1 Å². The lowest BCUT2D eigenvalue weighted by Gasteiger charge is -2.20. The van der Waals surface area contributed by atoms with E-state index in [9.17, 15) is 18.0 Å². The van der Waals surface area contributed by atoms with Crippen molar-refractivity contribution in [3.05, 3.63) is 21.3 Å². The highest BCUT2D eigenvalue weighted by molar-refractivity contribution is 14.1. The Balaban J connectivity index is 2.96. The van der Waals surface area contributed by atoms with Gasteiger partial charge in [0.2, 0.25) is 0 Å². The van der Waals surface area contributed by atoms with Crippen LogP contribution in [0.1, 0.15) is 6.42 Å². The maximum absolute atomic E-state index is 12.4. The van der Waals surface area contributed by atoms with Gasteiger partial charge in [-0.05, 0) is 29.0 Å². The Morgan fingerprint density at radius 1 is 1.60 bits per heavy atom. The molecule has 2 nitrogen and oxygen atoms in total. The van der Waals surface area contributed by atoms with Crippen LogP contribution in [0.3, 0.4) is 0 Å². The first-order valence-corrected chi connectivity index (χ1v) is 5.30. The second-order valence-corrected chi connectivity index (χ2v) is 4.26. The summed E-state index contributed by atoms with van der Waals surface area (Å²) in [5, 5.41) is 2.32. The minimum absolute atomic E-state index is 0.0950. The second-order valence-electron chi connectivity index (χ2n) is 3.10. The third-order valence-electron chi connectivity index (χ3n) is 2.07. The third-order valence-corrected chi connectivity index (χ3v) is 3.09. The van der Waals surface area contributed by atoms with Gasteiger partial charge in [-0.25, -0.2) is 0 Å². The summed E-state index contributed by atoms with van der Waals surface area (Å²) in [6, 6.07) is 0. The molecule has 1 aliphatic carbocycles. The highest BCUT2D eigenvalue weighted by Gasteiger charge is 2.39. The van der Waals surface area contributed by atoms with Gasteiger partial charge in [0.05, 0.1) is 5.92 Å². The van der Waals surface area contributed by atoms with E-state index >= 15 is 0 Å². The van der Waals surface area contributed by atoms with Gasteiger partial charge in [0, 0.05) is 16.2 Å². The zero-order valence-electron chi connectivity index (χ0n) is 7.86. The lowest BCUT2D eigenvalue weighted by Crippen LogP contribution is -2.27. The molecule has 0 fully saturated rings. The van der Waals surface area contributed by atoms with E-state index in [1.54, 1.807) is 0 Å². The molecular weight excluding hydrogens is 322 g/mol. The molecule has 0 aliphatic heterocycles. The standard InChI is InChI=1S/C9H9F3INO/c1-14-8(15)6-4-5(9(10,11)12)2-3-7(6)13/h3-5H,2H2,1H3,(H,14,15). The monoisotopic (exact) mass is 331 g/mol. The van der Waals surface area contributed by atoms with Gasteiger partial charge in [-0.3, -0.25) is 4.79 Å². The van der Waals surface area contributed by atoms with Crippen molar-refractivity contribution >= 4 is 28.5 Å². The number of halogens is 4. The normalized spacial score (nSPS) is 21.8. The summed E-state index contributed by atoms with van der Waals surface area (Å²) < 4.78 is 37.8. The van der Waals surface area contributed by atoms with Crippen molar-refractivity contribution in [3.63, 3.8) is 0 Å². The van der Waals surface area contributed by atoms with E-state index in [1.165, 1.54) is 13.1 Å². The van der Waals surface area contributed by atoms with E-state index in [0.29, 0.717) is 3.58 Å². The van der Waals surface area contributed by atoms with Crippen LogP contribution in [0.5, 0.6) is 0 Å². The number of allylic oxidation sites excluding steroid dienone is 2. The molecule has 1 amide bonds. The van der Waals surface area contributed by atoms with E-state index in [4.69, 9.17) is 0 Å². The number of nitrogens with one attached hydrogen (secondary N) is 1. The first kappa shape index (κ1) is 12.5. The van der Waals surface area contributed by atoms with Crippen LogP contribution in [0.2, 0.25) is 0 Å². The zero-order valence-corrected chi connectivity index (χ0v) is 10.0. The number of likely N-dealkylation sites (N-methyl/N-ethyl adjacent to an activating group) is 1. The van der Waals surface area contributed by atoms with E-state index < -0.39 is 18.0 Å². The van der Waals surface area contributed by atoms with Crippen LogP contribution in [0.25, 0.3) is 0 Å². The lowest BCUT2D eigenvalue weighted by atomic mass is 9.95. The summed E-state index contributed by atoms with van der Waals surface area (Å²) in [7, 11) is 1.39. The molecule has 0 bridgehead atoms. The molecule has 0 saturated heterocycles. The Labute approximate surface area is 98.7 Å². The molecule has 1 N–H and O–H groups in total. The first-order chi connectivity index (χ1) is 6.86. The summed E-state index contributed by atoms with van der Waals surface area (Å²) in [5.74, 6) is -2.03. The van der Waals surface area contributed by atoms with Crippen molar-refractivity contribution in [2.45, 2.75) is 12.6 Å². The van der Waals surface area contributed by atoms with E-state index in [2.05, 4.69) is 5.32 Å². The largest absolute Gasteiger partial charge is 0.395 e. The van der Waals surface area contributed by atoms with Crippen molar-refractivity contribution in [2.24, 2.45) is 5.92 Å². The fourth-order valence-corrected chi connectivity index (χ4v) is 1.92. The minimum atomic E-state index is -4.28. The number of amides is 1. The van der Waals surface area contributed by atoms with Gasteiger partial charge < -0.3 is 5.32 Å². The van der Waals surface area contributed by atoms with Gasteiger partial charge in [-0.15, -0.1) is 0 Å². The summed E-state index contributed by atoms with van der Waals surface area (Å²) in [5.41, 5.74) is 0.103. The average Bonchev–Trinajstić information content (AvgIpc) is 2.15. The van der Waals surface area contributed by atoms with Crippen molar-refractivity contribution in [1.82, 2.24) is 5.32 Å². The molecule has 1 rings (SSSR count). The molecule has 1 unspecified atom stereocenters. The molecule has 84 valence electrons. The zero-order chi connectivity index (χ0) is 11.6. The summed E-state index contributed by atoms with van der Waals surface area (Å²) >= 11 is 1.86. The Morgan fingerprint density at radius 2 is 2.20 bits per heavy atom. The van der Waals surface area contributed by atoms with Crippen molar-refractivity contribution in [1.29, 1.82) is 0 Å². The quantitative estimate of drug-likeness (QED) is 0.735. The number of carbonyl (C=O) groups excluding carboxylic acids is 1. The van der Waals surface area contributed by atoms with Gasteiger partial charge in [0.15, 0.2) is 0 Å². The molecule has 0 aromatic rings. The number of hydrogen-bond acceptors (Lipinski definition) is 1. The topological polar surface area (TPSA) is 29.1 Å². The fraction of sp³-hybridized carbons (Fsp3) is 0.444. The lowest BCUT2D eigenvalue weighted by molar-refractivity contribution is -0.160. The molecule has 1 atom stereocenters. The predicted octanol–water partition coefficient (Wildman–Crippen LogP) is 2.56. The highest BCUT2D eigenvalue weighted by atomic mass is 127. The molecule has 0 heterocycles. The van der Waals surface area contributed by atoms with Crippen molar-refractivity contribution in [3.8, 4) is 0 Å². The van der Waals surface area contributed by atoms with Gasteiger partial charge in [0.1, 0.15) is 0 Å². The predicted molar refractivity (Wildman–Crippen MR) is 58.4 cm³/mol. The SMILES string of the molecule is CNC(=O)C1=CC(C(F)(F)F)CC=C1I. The Morgan fingerprint density at radius 3 is 2.67 bits per heavy atom. The first-order valence-electron chi connectivity index (χ1n) is 4.23. The van der Waals surface area contributed by atoms with Crippen LogP contribution >= 0.6 is 22.6 Å². The van der Waals surface area contributed by atoms with Gasteiger partial charge in [-0.1, -0.05) is 12.2 Å². The molecule has 0 aromatic carbocycles. The van der Waals surface area contributed by atoms with Crippen molar-refractivity contribution in [2.75, 3.05) is 7.05 Å². The number of rotatable bonds is 1. The number of alkyl halides is 3. The maximum atomic E-state index is 12.4. The van der Waals surface area contributed by atoms with E-state index in [-0.39, 0.29) is 12.0 Å². The minimum Gasteiger partial charge on any atom is -0.355 e. The fourth-order valence-electron chi connectivity index (χ4n) is 1.24. The Kier molecular flexibility index (Phi) is 3.80. The van der Waals surface area contributed by atoms with Gasteiger partial charge in [0.25, 0.3) is 5.91 Å². The Hall–Kier alpha value is -0.530. The smallest absolute Gasteiger partial charge is 0.355 e.